The molecule has 0 radical (unpaired) electrons. The maximum atomic E-state index is 12.4. The molecule has 1 aromatic rings. The second kappa shape index (κ2) is 7.06. The second-order valence-corrected chi connectivity index (χ2v) is 5.72. The Balaban J connectivity index is 2.15. The number of carbonyl (C=O) groups excluding carboxylic acids is 2. The van der Waals surface area contributed by atoms with Crippen molar-refractivity contribution in [2.45, 2.75) is 6.42 Å². The lowest BCUT2D eigenvalue weighted by Crippen LogP contribution is -2.38. The molecule has 1 aliphatic rings. The van der Waals surface area contributed by atoms with Crippen LogP contribution in [-0.2, 0) is 9.59 Å². The van der Waals surface area contributed by atoms with Crippen LogP contribution in [0.4, 0.5) is 5.69 Å². The zero-order chi connectivity index (χ0) is 16.1. The minimum absolute atomic E-state index is 0.0908. The lowest BCUT2D eigenvalue weighted by atomic mass is 10.1. The summed E-state index contributed by atoms with van der Waals surface area (Å²) in [5.41, 5.74) is 0.718. The molecule has 0 N–H and O–H groups in total. The third kappa shape index (κ3) is 3.26. The van der Waals surface area contributed by atoms with Crippen molar-refractivity contribution in [3.8, 4) is 12.1 Å². The van der Waals surface area contributed by atoms with Gasteiger partial charge >= 0.3 is 0 Å². The Morgan fingerprint density at radius 1 is 1.32 bits per heavy atom. The number of nitrogens with zero attached hydrogens (tertiary/aromatic N) is 4. The zero-order valence-corrected chi connectivity index (χ0v) is 13.3. The summed E-state index contributed by atoms with van der Waals surface area (Å²) < 4.78 is 0.780. The van der Waals surface area contributed by atoms with Gasteiger partial charge in [0.1, 0.15) is 13.1 Å². The van der Waals surface area contributed by atoms with Gasteiger partial charge in [-0.2, -0.15) is 10.5 Å². The first kappa shape index (κ1) is 16.0. The Bertz CT molecular complexity index is 661. The molecule has 112 valence electrons. The minimum Gasteiger partial charge on any atom is -0.316 e. The van der Waals surface area contributed by atoms with E-state index in [-0.39, 0.29) is 37.9 Å². The second-order valence-electron chi connectivity index (χ2n) is 4.87. The van der Waals surface area contributed by atoms with Crippen LogP contribution in [0.3, 0.4) is 0 Å². The van der Waals surface area contributed by atoms with Crippen LogP contribution in [0.5, 0.6) is 0 Å². The van der Waals surface area contributed by atoms with Crippen molar-refractivity contribution >= 4 is 33.4 Å². The van der Waals surface area contributed by atoms with Crippen molar-refractivity contribution in [2.75, 3.05) is 24.5 Å². The van der Waals surface area contributed by atoms with Gasteiger partial charge in [-0.05, 0) is 28.1 Å². The highest BCUT2D eigenvalue weighted by atomic mass is 79.9. The molecular weight excluding hydrogens is 348 g/mol. The normalized spacial score (nSPS) is 17.0. The molecule has 1 unspecified atom stereocenters. The van der Waals surface area contributed by atoms with Crippen LogP contribution in [0.2, 0.25) is 0 Å². The number of hydrogen-bond donors (Lipinski definition) is 0. The van der Waals surface area contributed by atoms with E-state index < -0.39 is 5.92 Å². The molecule has 22 heavy (non-hydrogen) atoms. The maximum absolute atomic E-state index is 12.4. The molecule has 1 atom stereocenters. The number of benzene rings is 1. The van der Waals surface area contributed by atoms with Gasteiger partial charge in [-0.3, -0.25) is 9.59 Å². The van der Waals surface area contributed by atoms with Crippen molar-refractivity contribution in [3.63, 3.8) is 0 Å². The van der Waals surface area contributed by atoms with Crippen LogP contribution in [-0.4, -0.2) is 36.3 Å². The van der Waals surface area contributed by atoms with Crippen LogP contribution in [0.25, 0.3) is 0 Å². The Morgan fingerprint density at radius 2 is 1.95 bits per heavy atom. The molecular formula is C15H13BrN4O2. The van der Waals surface area contributed by atoms with E-state index in [4.69, 9.17) is 10.5 Å². The van der Waals surface area contributed by atoms with E-state index >= 15 is 0 Å². The number of carbonyl (C=O) groups is 2. The van der Waals surface area contributed by atoms with Gasteiger partial charge in [-0.1, -0.05) is 12.1 Å². The Morgan fingerprint density at radius 3 is 2.55 bits per heavy atom. The monoisotopic (exact) mass is 360 g/mol. The quantitative estimate of drug-likeness (QED) is 0.764. The number of anilines is 1. The fraction of sp³-hybridized carbons (Fsp3) is 0.333. The van der Waals surface area contributed by atoms with Gasteiger partial charge in [0.05, 0.1) is 23.7 Å². The number of para-hydroxylation sites is 1. The van der Waals surface area contributed by atoms with Crippen molar-refractivity contribution in [2.24, 2.45) is 5.92 Å². The molecule has 1 aliphatic heterocycles. The first-order chi connectivity index (χ1) is 10.6. The van der Waals surface area contributed by atoms with Gasteiger partial charge < -0.3 is 9.80 Å². The average Bonchev–Trinajstić information content (AvgIpc) is 2.88. The highest BCUT2D eigenvalue weighted by Gasteiger charge is 2.37. The van der Waals surface area contributed by atoms with E-state index in [2.05, 4.69) is 15.9 Å². The summed E-state index contributed by atoms with van der Waals surface area (Å²) in [7, 11) is 0. The number of rotatable bonds is 4. The summed E-state index contributed by atoms with van der Waals surface area (Å²) >= 11 is 3.39. The summed E-state index contributed by atoms with van der Waals surface area (Å²) in [6.07, 6.45) is 0.0908. The number of nitriles is 2. The first-order valence-electron chi connectivity index (χ1n) is 6.66. The van der Waals surface area contributed by atoms with Gasteiger partial charge in [0.25, 0.3) is 0 Å². The van der Waals surface area contributed by atoms with E-state index in [9.17, 15) is 9.59 Å². The Labute approximate surface area is 136 Å². The molecule has 7 heteroatoms. The summed E-state index contributed by atoms with van der Waals surface area (Å²) in [4.78, 5) is 27.3. The molecule has 1 saturated heterocycles. The van der Waals surface area contributed by atoms with Crippen molar-refractivity contribution in [1.29, 1.82) is 10.5 Å². The van der Waals surface area contributed by atoms with Crippen molar-refractivity contribution in [1.82, 2.24) is 4.90 Å². The fourth-order valence-corrected chi connectivity index (χ4v) is 2.92. The van der Waals surface area contributed by atoms with E-state index in [0.29, 0.717) is 0 Å². The van der Waals surface area contributed by atoms with Crippen molar-refractivity contribution < 1.29 is 9.59 Å². The van der Waals surface area contributed by atoms with Gasteiger partial charge in [0, 0.05) is 17.4 Å². The summed E-state index contributed by atoms with van der Waals surface area (Å²) in [6, 6.07) is 11.0. The van der Waals surface area contributed by atoms with Gasteiger partial charge in [0.2, 0.25) is 11.8 Å². The molecule has 1 fully saturated rings. The van der Waals surface area contributed by atoms with Crippen LogP contribution >= 0.6 is 15.9 Å². The molecule has 1 aromatic carbocycles. The van der Waals surface area contributed by atoms with E-state index in [1.165, 1.54) is 4.90 Å². The van der Waals surface area contributed by atoms with Gasteiger partial charge in [-0.15, -0.1) is 0 Å². The van der Waals surface area contributed by atoms with E-state index in [0.717, 1.165) is 10.2 Å². The van der Waals surface area contributed by atoms with Gasteiger partial charge in [0.15, 0.2) is 0 Å². The molecule has 1 heterocycles. The third-order valence-corrected chi connectivity index (χ3v) is 4.12. The maximum Gasteiger partial charge on any atom is 0.229 e. The minimum atomic E-state index is -0.527. The summed E-state index contributed by atoms with van der Waals surface area (Å²) in [5.74, 6) is -0.994. The summed E-state index contributed by atoms with van der Waals surface area (Å²) in [6.45, 7) is -0.0358. The van der Waals surface area contributed by atoms with Crippen molar-refractivity contribution in [3.05, 3.63) is 28.7 Å². The largest absolute Gasteiger partial charge is 0.316 e. The molecule has 0 saturated carbocycles. The number of halogens is 1. The molecule has 2 rings (SSSR count). The zero-order valence-electron chi connectivity index (χ0n) is 11.7. The lowest BCUT2D eigenvalue weighted by molar-refractivity contribution is -0.134. The highest BCUT2D eigenvalue weighted by Crippen LogP contribution is 2.31. The van der Waals surface area contributed by atoms with Crippen LogP contribution < -0.4 is 4.90 Å². The van der Waals surface area contributed by atoms with Crippen LogP contribution in [0.15, 0.2) is 28.7 Å². The SMILES string of the molecule is N#CCN(CC#N)C(=O)C1CC(=O)N(c2ccccc2Br)C1. The van der Waals surface area contributed by atoms with Gasteiger partial charge in [-0.25, -0.2) is 0 Å². The topological polar surface area (TPSA) is 88.2 Å². The molecule has 0 spiro atoms. The third-order valence-electron chi connectivity index (χ3n) is 3.45. The smallest absolute Gasteiger partial charge is 0.229 e. The Kier molecular flexibility index (Phi) is 5.13. The van der Waals surface area contributed by atoms with E-state index in [1.807, 2.05) is 30.3 Å². The average molecular weight is 361 g/mol. The standard InChI is InChI=1S/C15H13BrN4O2/c16-12-3-1-2-4-13(12)20-10-11(9-14(20)21)15(22)19(7-5-17)8-6-18/h1-4,11H,7-10H2. The lowest BCUT2D eigenvalue weighted by Gasteiger charge is -2.21. The van der Waals surface area contributed by atoms with Crippen LogP contribution in [0.1, 0.15) is 6.42 Å². The predicted molar refractivity (Wildman–Crippen MR) is 82.4 cm³/mol. The first-order valence-corrected chi connectivity index (χ1v) is 7.45. The molecule has 0 aliphatic carbocycles. The molecule has 2 amide bonds. The predicted octanol–water partition coefficient (Wildman–Crippen LogP) is 1.68. The summed E-state index contributed by atoms with van der Waals surface area (Å²) in [5, 5.41) is 17.5. The number of amides is 2. The molecule has 6 nitrogen and oxygen atoms in total. The molecule has 0 bridgehead atoms. The highest BCUT2D eigenvalue weighted by molar-refractivity contribution is 9.10. The Hall–Kier alpha value is -2.38. The molecule has 0 aromatic heterocycles. The fourth-order valence-electron chi connectivity index (χ4n) is 2.42. The number of hydrogen-bond acceptors (Lipinski definition) is 4. The van der Waals surface area contributed by atoms with Crippen LogP contribution in [0, 0.1) is 28.6 Å². The van der Waals surface area contributed by atoms with E-state index in [1.54, 1.807) is 11.0 Å².